The Morgan fingerprint density at radius 2 is 2.27 bits per heavy atom. The molecule has 0 aromatic carbocycles. The van der Waals surface area contributed by atoms with Gasteiger partial charge in [0.25, 0.3) is 5.70 Å². The molecule has 0 aromatic heterocycles. The van der Waals surface area contributed by atoms with Gasteiger partial charge in [0.15, 0.2) is 0 Å². The third-order valence-electron chi connectivity index (χ3n) is 1.36. The summed E-state index contributed by atoms with van der Waals surface area (Å²) >= 11 is 0. The Morgan fingerprint density at radius 1 is 1.64 bits per heavy atom. The summed E-state index contributed by atoms with van der Waals surface area (Å²) in [6.45, 7) is 3.38. The molecule has 1 aliphatic carbocycles. The molecule has 4 heteroatoms. The first kappa shape index (κ1) is 7.65. The van der Waals surface area contributed by atoms with Crippen LogP contribution in [0.3, 0.4) is 0 Å². The molecule has 1 aliphatic rings. The van der Waals surface area contributed by atoms with E-state index in [9.17, 15) is 14.5 Å². The van der Waals surface area contributed by atoms with Crippen molar-refractivity contribution < 1.29 is 9.31 Å². The molecule has 0 N–H and O–H groups in total. The minimum Gasteiger partial charge on any atom is -0.258 e. The third kappa shape index (κ3) is 1.52. The van der Waals surface area contributed by atoms with Crippen LogP contribution in [0.1, 0.15) is 6.42 Å². The average Bonchev–Trinajstić information content (AvgIpc) is 1.85. The van der Waals surface area contributed by atoms with Crippen molar-refractivity contribution in [1.29, 1.82) is 0 Å². The Balaban J connectivity index is 2.96. The van der Waals surface area contributed by atoms with Crippen molar-refractivity contribution in [3.63, 3.8) is 0 Å². The number of nitrogens with zero attached hydrogens (tertiary/aromatic N) is 1. The lowest BCUT2D eigenvalue weighted by Crippen LogP contribution is -2.04. The van der Waals surface area contributed by atoms with E-state index in [0.717, 1.165) is 12.2 Å². The fourth-order valence-electron chi connectivity index (χ4n) is 0.831. The quantitative estimate of drug-likeness (QED) is 0.429. The summed E-state index contributed by atoms with van der Waals surface area (Å²) in [6, 6.07) is 0. The summed E-state index contributed by atoms with van der Waals surface area (Å²) in [7, 11) is 0. The lowest BCUT2D eigenvalue weighted by molar-refractivity contribution is -0.421. The minimum atomic E-state index is -0.564. The van der Waals surface area contributed by atoms with Gasteiger partial charge in [-0.25, -0.2) is 4.39 Å². The highest BCUT2D eigenvalue weighted by atomic mass is 19.1. The van der Waals surface area contributed by atoms with Crippen molar-refractivity contribution in [2.75, 3.05) is 0 Å². The summed E-state index contributed by atoms with van der Waals surface area (Å²) in [5.41, 5.74) is 0.112. The van der Waals surface area contributed by atoms with E-state index in [2.05, 4.69) is 6.58 Å². The number of hydrogen-bond donors (Lipinski definition) is 0. The number of hydrogen-bond acceptors (Lipinski definition) is 2. The maximum absolute atomic E-state index is 12.4. The van der Waals surface area contributed by atoms with Crippen LogP contribution >= 0.6 is 0 Å². The molecule has 0 bridgehead atoms. The molecule has 0 aromatic rings. The van der Waals surface area contributed by atoms with Gasteiger partial charge in [0.2, 0.25) is 0 Å². The first-order valence-corrected chi connectivity index (χ1v) is 3.00. The second-order valence-corrected chi connectivity index (χ2v) is 2.20. The minimum absolute atomic E-state index is 0.0488. The molecule has 0 unspecified atom stereocenters. The number of halogens is 1. The van der Waals surface area contributed by atoms with Gasteiger partial charge in [-0.3, -0.25) is 10.1 Å². The van der Waals surface area contributed by atoms with Gasteiger partial charge in [-0.15, -0.1) is 0 Å². The van der Waals surface area contributed by atoms with Crippen LogP contribution in [0.15, 0.2) is 35.8 Å². The van der Waals surface area contributed by atoms with E-state index in [4.69, 9.17) is 0 Å². The molecular weight excluding hydrogens is 149 g/mol. The van der Waals surface area contributed by atoms with Crippen LogP contribution < -0.4 is 0 Å². The van der Waals surface area contributed by atoms with Crippen LogP contribution in [0.4, 0.5) is 4.39 Å². The van der Waals surface area contributed by atoms with Crippen molar-refractivity contribution in [3.8, 4) is 0 Å². The first-order chi connectivity index (χ1) is 5.11. The molecule has 0 amide bonds. The Kier molecular flexibility index (Phi) is 1.85. The summed E-state index contributed by atoms with van der Waals surface area (Å²) in [4.78, 5) is 9.63. The molecule has 0 spiro atoms. The van der Waals surface area contributed by atoms with Crippen molar-refractivity contribution in [1.82, 2.24) is 0 Å². The summed E-state index contributed by atoms with van der Waals surface area (Å²) in [5.74, 6) is -0.388. The fraction of sp³-hybridized carbons (Fsp3) is 0.143. The van der Waals surface area contributed by atoms with E-state index in [-0.39, 0.29) is 23.5 Å². The normalized spacial score (nSPS) is 17.4. The molecule has 3 nitrogen and oxygen atoms in total. The largest absolute Gasteiger partial charge is 0.272 e. The highest BCUT2D eigenvalue weighted by molar-refractivity contribution is 5.34. The van der Waals surface area contributed by atoms with Crippen LogP contribution in [-0.4, -0.2) is 4.92 Å². The molecule has 11 heavy (non-hydrogen) atoms. The molecule has 58 valence electrons. The van der Waals surface area contributed by atoms with E-state index >= 15 is 0 Å². The summed E-state index contributed by atoms with van der Waals surface area (Å²) < 4.78 is 12.4. The van der Waals surface area contributed by atoms with Gasteiger partial charge in [0, 0.05) is 18.1 Å². The van der Waals surface area contributed by atoms with E-state index < -0.39 is 4.92 Å². The second kappa shape index (κ2) is 2.65. The molecule has 0 heterocycles. The first-order valence-electron chi connectivity index (χ1n) is 3.00. The third-order valence-corrected chi connectivity index (χ3v) is 1.36. The van der Waals surface area contributed by atoms with Gasteiger partial charge in [-0.1, -0.05) is 6.58 Å². The Morgan fingerprint density at radius 3 is 2.73 bits per heavy atom. The summed E-state index contributed by atoms with van der Waals surface area (Å²) in [6.07, 6.45) is 2.17. The van der Waals surface area contributed by atoms with Crippen molar-refractivity contribution in [2.45, 2.75) is 6.42 Å². The molecule has 1 rings (SSSR count). The Bertz CT molecular complexity index is 278. The lowest BCUT2D eigenvalue weighted by Gasteiger charge is -2.04. The highest BCUT2D eigenvalue weighted by Gasteiger charge is 2.19. The maximum Gasteiger partial charge on any atom is 0.272 e. The second-order valence-electron chi connectivity index (χ2n) is 2.20. The van der Waals surface area contributed by atoms with E-state index in [0.29, 0.717) is 0 Å². The zero-order chi connectivity index (χ0) is 8.43. The number of allylic oxidation sites excluding steroid dienone is 4. The van der Waals surface area contributed by atoms with Crippen LogP contribution in [0.5, 0.6) is 0 Å². The van der Waals surface area contributed by atoms with Gasteiger partial charge in [-0.2, -0.15) is 0 Å². The van der Waals surface area contributed by atoms with Crippen molar-refractivity contribution in [2.24, 2.45) is 0 Å². The molecule has 0 radical (unpaired) electrons. The van der Waals surface area contributed by atoms with Gasteiger partial charge < -0.3 is 0 Å². The number of rotatable bonds is 1. The molecule has 0 fully saturated rings. The monoisotopic (exact) mass is 155 g/mol. The number of nitro groups is 1. The Labute approximate surface area is 62.7 Å². The predicted octanol–water partition coefficient (Wildman–Crippen LogP) is 1.96. The highest BCUT2D eigenvalue weighted by Crippen LogP contribution is 2.23. The fourth-order valence-corrected chi connectivity index (χ4v) is 0.831. The Hall–Kier alpha value is -1.45. The zero-order valence-electron chi connectivity index (χ0n) is 5.71. The lowest BCUT2D eigenvalue weighted by atomic mass is 10.1. The van der Waals surface area contributed by atoms with Gasteiger partial charge in [0.05, 0.1) is 4.92 Å². The van der Waals surface area contributed by atoms with E-state index in [1.54, 1.807) is 0 Å². The smallest absolute Gasteiger partial charge is 0.258 e. The standard InChI is InChI=1S/C7H6FNO2/c1-5-4-6(8)2-3-7(5)9(10)11/h2-3H,1,4H2. The molecular formula is C7H6FNO2. The van der Waals surface area contributed by atoms with E-state index in [1.165, 1.54) is 0 Å². The van der Waals surface area contributed by atoms with Crippen LogP contribution in [0.2, 0.25) is 0 Å². The van der Waals surface area contributed by atoms with Crippen LogP contribution in [0.25, 0.3) is 0 Å². The molecule has 0 aliphatic heterocycles. The average molecular weight is 155 g/mol. The molecule has 0 saturated heterocycles. The summed E-state index contributed by atoms with van der Waals surface area (Å²) in [5, 5.41) is 10.2. The van der Waals surface area contributed by atoms with Gasteiger partial charge >= 0.3 is 0 Å². The van der Waals surface area contributed by atoms with Crippen LogP contribution in [0, 0.1) is 10.1 Å². The van der Waals surface area contributed by atoms with Gasteiger partial charge in [0.1, 0.15) is 5.83 Å². The van der Waals surface area contributed by atoms with E-state index in [1.807, 2.05) is 0 Å². The maximum atomic E-state index is 12.4. The predicted molar refractivity (Wildman–Crippen MR) is 38.0 cm³/mol. The van der Waals surface area contributed by atoms with Gasteiger partial charge in [-0.05, 0) is 6.08 Å². The SMILES string of the molecule is C=C1CC(F)=CC=C1[N+](=O)[O-]. The zero-order valence-corrected chi connectivity index (χ0v) is 5.71. The van der Waals surface area contributed by atoms with Crippen molar-refractivity contribution >= 4 is 0 Å². The van der Waals surface area contributed by atoms with Crippen molar-refractivity contribution in [3.05, 3.63) is 45.9 Å². The molecule has 0 atom stereocenters. The van der Waals surface area contributed by atoms with Crippen LogP contribution in [-0.2, 0) is 0 Å². The topological polar surface area (TPSA) is 43.1 Å². The molecule has 0 saturated carbocycles.